The number of benzene rings is 2. The third kappa shape index (κ3) is 10.1. The van der Waals surface area contributed by atoms with Gasteiger partial charge in [0.1, 0.15) is 40.5 Å². The van der Waals surface area contributed by atoms with Gasteiger partial charge >= 0.3 is 0 Å². The van der Waals surface area contributed by atoms with Gasteiger partial charge in [-0.1, -0.05) is 24.0 Å². The van der Waals surface area contributed by atoms with Gasteiger partial charge < -0.3 is 30.1 Å². The fraction of sp³-hybridized carbons (Fsp3) is 0.404. The van der Waals surface area contributed by atoms with Crippen LogP contribution in [0.4, 0.5) is 11.9 Å². The highest BCUT2D eigenvalue weighted by molar-refractivity contribution is 7.86. The van der Waals surface area contributed by atoms with Gasteiger partial charge in [0.05, 0.1) is 29.5 Å². The number of nitrogens with zero attached hydrogens (tertiary/aromatic N) is 10. The lowest BCUT2D eigenvalue weighted by Gasteiger charge is -2.32. The largest absolute Gasteiger partial charge is 0.494 e. The molecular formula is C47H56N14O8S. The van der Waals surface area contributed by atoms with E-state index < -0.39 is 33.8 Å². The van der Waals surface area contributed by atoms with Crippen LogP contribution in [0.15, 0.2) is 48.6 Å². The van der Waals surface area contributed by atoms with Gasteiger partial charge in [-0.15, -0.1) is 0 Å². The van der Waals surface area contributed by atoms with Gasteiger partial charge in [-0.05, 0) is 89.8 Å². The number of anilines is 2. The van der Waals surface area contributed by atoms with Gasteiger partial charge in [-0.2, -0.15) is 27.2 Å². The number of nitrogens with one attached hydrogen (secondary N) is 2. The molecule has 2 aliphatic heterocycles. The summed E-state index contributed by atoms with van der Waals surface area (Å²) >= 11 is 0. The molecule has 0 spiro atoms. The summed E-state index contributed by atoms with van der Waals surface area (Å²) in [4.78, 5) is 62.1. The number of ether oxygens (including phenoxy) is 2. The van der Waals surface area contributed by atoms with Crippen LogP contribution in [0.25, 0.3) is 22.1 Å². The molecule has 0 saturated carbocycles. The molecule has 8 rings (SSSR count). The number of imidazole rings is 2. The number of carbonyl (C=O) groups excluding carboxylic acids is 4. The van der Waals surface area contributed by atoms with Crippen LogP contribution in [-0.4, -0.2) is 119 Å². The summed E-state index contributed by atoms with van der Waals surface area (Å²) in [5.74, 6) is 4.75. The van der Waals surface area contributed by atoms with Gasteiger partial charge in [-0.3, -0.25) is 39.2 Å². The summed E-state index contributed by atoms with van der Waals surface area (Å²) in [7, 11) is -2.04. The standard InChI is InChI=1S/C47H56N14O8S/c1-6-60-36(23-29(3)54-60)44(64)52-46-50-34-25-32(42(48)62)27-38(68-5)40(34)58(46)18-10-11-19-59-41-35(51-47(59)53-45(65)37-24-30(4)55-61(37)7-2)26-33(43(49)63)28-39(41)69-22-12-13-31-14-20-57(21-15-31)70(66,67)56-16-8-9-17-56/h10-11,23-28,31H,6-9,14-22H2,1-5H3,(H2,48,62)(H2,49,63)(H,50,52,64)(H,51,53,65)/b11-10+. The van der Waals surface area contributed by atoms with E-state index in [1.807, 2.05) is 26.0 Å². The van der Waals surface area contributed by atoms with E-state index in [9.17, 15) is 27.6 Å². The minimum Gasteiger partial charge on any atom is -0.494 e. The van der Waals surface area contributed by atoms with Crippen molar-refractivity contribution in [2.24, 2.45) is 17.4 Å². The quantitative estimate of drug-likeness (QED) is 0.0750. The molecule has 2 aromatic carbocycles. The first-order valence-electron chi connectivity index (χ1n) is 23.0. The smallest absolute Gasteiger partial charge is 0.281 e. The molecule has 23 heteroatoms. The maximum absolute atomic E-state index is 13.9. The van der Waals surface area contributed by atoms with E-state index >= 15 is 0 Å². The molecule has 6 heterocycles. The van der Waals surface area contributed by atoms with Crippen LogP contribution in [0, 0.1) is 31.6 Å². The second kappa shape index (κ2) is 20.6. The molecule has 0 unspecified atom stereocenters. The molecular weight excluding hydrogens is 921 g/mol. The average Bonchev–Trinajstić information content (AvgIpc) is 4.20. The van der Waals surface area contributed by atoms with Gasteiger partial charge in [0.2, 0.25) is 23.7 Å². The van der Waals surface area contributed by atoms with Crippen molar-refractivity contribution in [3.05, 3.63) is 82.5 Å². The Hall–Kier alpha value is -7.55. The Labute approximate surface area is 404 Å². The molecule has 0 bridgehead atoms. The Kier molecular flexibility index (Phi) is 14.4. The maximum atomic E-state index is 13.9. The molecule has 368 valence electrons. The van der Waals surface area contributed by atoms with Crippen molar-refractivity contribution in [2.75, 3.05) is 50.5 Å². The third-order valence-electron chi connectivity index (χ3n) is 12.2. The van der Waals surface area contributed by atoms with Crippen LogP contribution in [0.1, 0.15) is 92.6 Å². The number of hydrogen-bond donors (Lipinski definition) is 4. The molecule has 4 amide bonds. The Morgan fingerprint density at radius 1 is 0.729 bits per heavy atom. The average molecular weight is 977 g/mol. The summed E-state index contributed by atoms with van der Waals surface area (Å²) in [6.45, 7) is 10.2. The zero-order chi connectivity index (χ0) is 49.9. The molecule has 70 heavy (non-hydrogen) atoms. The summed E-state index contributed by atoms with van der Waals surface area (Å²) < 4.78 is 47.9. The number of fused-ring (bicyclic) bond motifs is 2. The van der Waals surface area contributed by atoms with Crippen LogP contribution < -0.4 is 31.6 Å². The number of carbonyl (C=O) groups is 4. The SMILES string of the molecule is CCn1nc(C)cc1C(=O)Nc1nc2cc(C(N)=O)cc(OC)c2n1C/C=C/Cn1c(NC(=O)c2cc(C)nn2CC)nc2cc(C(N)=O)cc(OCC#CC3CCN(S(=O)(=O)N4CCCC4)CC3)c21. The second-order valence-corrected chi connectivity index (χ2v) is 18.9. The summed E-state index contributed by atoms with van der Waals surface area (Å²) in [5.41, 5.74) is 15.2. The van der Waals surface area contributed by atoms with E-state index in [4.69, 9.17) is 30.9 Å². The van der Waals surface area contributed by atoms with Crippen molar-refractivity contribution >= 4 is 67.8 Å². The van der Waals surface area contributed by atoms with E-state index in [1.54, 1.807) is 53.1 Å². The lowest BCUT2D eigenvalue weighted by molar-refractivity contribution is 0.0991. The molecule has 6 N–H and O–H groups in total. The van der Waals surface area contributed by atoms with Gasteiger partial charge in [0.25, 0.3) is 22.0 Å². The van der Waals surface area contributed by atoms with Crippen LogP contribution in [0.2, 0.25) is 0 Å². The first-order valence-corrected chi connectivity index (χ1v) is 24.4. The number of allylic oxidation sites excluding steroid dienone is 2. The minimum atomic E-state index is -3.49. The number of amides is 4. The normalized spacial score (nSPS) is 14.9. The number of hydrogen-bond acceptors (Lipinski definition) is 12. The van der Waals surface area contributed by atoms with Crippen molar-refractivity contribution in [1.29, 1.82) is 0 Å². The van der Waals surface area contributed by atoms with E-state index in [-0.39, 0.29) is 54.4 Å². The number of methoxy groups -OCH3 is 1. The second-order valence-electron chi connectivity index (χ2n) is 17.0. The number of piperidine rings is 1. The molecule has 22 nitrogen and oxygen atoms in total. The van der Waals surface area contributed by atoms with E-state index in [0.717, 1.165) is 12.8 Å². The number of primary amides is 2. The van der Waals surface area contributed by atoms with E-state index in [1.165, 1.54) is 31.4 Å². The Bertz CT molecular complexity index is 3210. The fourth-order valence-electron chi connectivity index (χ4n) is 8.80. The fourth-order valence-corrected chi connectivity index (χ4v) is 10.5. The zero-order valence-corrected chi connectivity index (χ0v) is 40.5. The van der Waals surface area contributed by atoms with Gasteiger partial charge in [-0.25, -0.2) is 9.97 Å². The van der Waals surface area contributed by atoms with E-state index in [0.29, 0.717) is 103 Å². The summed E-state index contributed by atoms with van der Waals surface area (Å²) in [6, 6.07) is 9.39. The Morgan fingerprint density at radius 2 is 1.20 bits per heavy atom. The van der Waals surface area contributed by atoms with Crippen molar-refractivity contribution in [1.82, 2.24) is 47.3 Å². The number of aryl methyl sites for hydroxylation is 4. The number of nitrogens with two attached hydrogens (primary N) is 2. The lowest BCUT2D eigenvalue weighted by Crippen LogP contribution is -2.46. The number of aromatic nitrogens is 8. The highest BCUT2D eigenvalue weighted by atomic mass is 32.2. The molecule has 2 fully saturated rings. The molecule has 2 saturated heterocycles. The molecule has 6 aromatic rings. The summed E-state index contributed by atoms with van der Waals surface area (Å²) in [6.07, 6.45) is 6.52. The Morgan fingerprint density at radius 3 is 1.67 bits per heavy atom. The number of rotatable bonds is 17. The predicted octanol–water partition coefficient (Wildman–Crippen LogP) is 3.84. The highest BCUT2D eigenvalue weighted by Gasteiger charge is 2.34. The van der Waals surface area contributed by atoms with Crippen LogP contribution in [-0.2, 0) is 36.4 Å². The Balaban J connectivity index is 1.11. The van der Waals surface area contributed by atoms with Crippen LogP contribution in [0.5, 0.6) is 11.5 Å². The zero-order valence-electron chi connectivity index (χ0n) is 39.7. The van der Waals surface area contributed by atoms with Crippen molar-refractivity contribution in [3.63, 3.8) is 0 Å². The third-order valence-corrected chi connectivity index (χ3v) is 14.3. The van der Waals surface area contributed by atoms with Gasteiger partial charge in [0, 0.05) is 69.4 Å². The molecule has 4 aromatic heterocycles. The molecule has 0 aliphatic carbocycles. The topological polar surface area (TPSA) is 275 Å². The van der Waals surface area contributed by atoms with Crippen LogP contribution >= 0.6 is 0 Å². The maximum Gasteiger partial charge on any atom is 0.281 e. The minimum absolute atomic E-state index is 0.0426. The summed E-state index contributed by atoms with van der Waals surface area (Å²) in [5, 5.41) is 14.7. The first kappa shape index (κ1) is 48.9. The first-order chi connectivity index (χ1) is 33.6. The lowest BCUT2D eigenvalue weighted by atomic mass is 9.99. The van der Waals surface area contributed by atoms with Crippen LogP contribution in [0.3, 0.4) is 0 Å². The van der Waals surface area contributed by atoms with Gasteiger partial charge in [0.15, 0.2) is 0 Å². The monoisotopic (exact) mass is 976 g/mol. The molecule has 0 radical (unpaired) electrons. The van der Waals surface area contributed by atoms with E-state index in [2.05, 4.69) is 32.7 Å². The predicted molar refractivity (Wildman–Crippen MR) is 261 cm³/mol. The van der Waals surface area contributed by atoms with Crippen molar-refractivity contribution in [3.8, 4) is 23.3 Å². The van der Waals surface area contributed by atoms with Crippen molar-refractivity contribution < 1.29 is 37.1 Å². The molecule has 2 aliphatic rings. The molecule has 0 atom stereocenters. The highest BCUT2D eigenvalue weighted by Crippen LogP contribution is 2.33. The van der Waals surface area contributed by atoms with Crippen molar-refractivity contribution in [2.45, 2.75) is 79.6 Å².